The summed E-state index contributed by atoms with van der Waals surface area (Å²) in [6, 6.07) is 20.6. The Morgan fingerprint density at radius 1 is 0.854 bits per heavy atom. The average molecular weight is 570 g/mol. The van der Waals surface area contributed by atoms with Gasteiger partial charge in [-0.3, -0.25) is 15.0 Å². The van der Waals surface area contributed by atoms with Crippen LogP contribution in [0.3, 0.4) is 0 Å². The van der Waals surface area contributed by atoms with Crippen molar-refractivity contribution in [1.29, 1.82) is 0 Å². The Bertz CT molecular complexity index is 1150. The Morgan fingerprint density at radius 2 is 1.37 bits per heavy atom. The Kier molecular flexibility index (Phi) is 10.1. The summed E-state index contributed by atoms with van der Waals surface area (Å²) >= 11 is 0. The molecule has 2 unspecified atom stereocenters. The number of carbonyl (C=O) groups is 3. The number of aliphatic carboxylic acids is 2. The van der Waals surface area contributed by atoms with Crippen LogP contribution >= 0.6 is 0 Å². The molecule has 0 aromatic heterocycles. The molecular formula is C30H39N3O8. The first-order valence-corrected chi connectivity index (χ1v) is 14.0. The molecule has 2 aromatic rings. The van der Waals surface area contributed by atoms with Crippen molar-refractivity contribution in [1.82, 2.24) is 15.5 Å². The molecule has 2 aromatic carbocycles. The molecule has 11 nitrogen and oxygen atoms in total. The summed E-state index contributed by atoms with van der Waals surface area (Å²) in [5, 5.41) is 50.6. The van der Waals surface area contributed by atoms with Crippen LogP contribution in [0.1, 0.15) is 36.8 Å². The molecular weight excluding hydrogens is 530 g/mol. The molecule has 5 rings (SSSR count). The van der Waals surface area contributed by atoms with E-state index < -0.39 is 29.7 Å². The van der Waals surface area contributed by atoms with E-state index in [0.717, 1.165) is 45.3 Å². The summed E-state index contributed by atoms with van der Waals surface area (Å²) in [4.78, 5) is 35.2. The largest absolute Gasteiger partial charge is 0.479 e. The van der Waals surface area contributed by atoms with E-state index in [9.17, 15) is 19.5 Å². The second-order valence-corrected chi connectivity index (χ2v) is 11.1. The first kappa shape index (κ1) is 30.6. The van der Waals surface area contributed by atoms with Crippen LogP contribution in [0.4, 0.5) is 0 Å². The zero-order chi connectivity index (χ0) is 29.6. The van der Waals surface area contributed by atoms with Crippen molar-refractivity contribution in [2.75, 3.05) is 19.8 Å². The molecule has 6 atom stereocenters. The van der Waals surface area contributed by atoms with E-state index >= 15 is 0 Å². The molecule has 222 valence electrons. The Balaban J connectivity index is 0.000000334. The quantitative estimate of drug-likeness (QED) is 0.191. The van der Waals surface area contributed by atoms with Crippen molar-refractivity contribution in [2.24, 2.45) is 17.8 Å². The molecule has 41 heavy (non-hydrogen) atoms. The van der Waals surface area contributed by atoms with E-state index in [4.69, 9.17) is 20.4 Å². The van der Waals surface area contributed by atoms with Gasteiger partial charge in [-0.15, -0.1) is 0 Å². The molecule has 0 bridgehead atoms. The van der Waals surface area contributed by atoms with Crippen molar-refractivity contribution in [3.63, 3.8) is 0 Å². The predicted octanol–water partition coefficient (Wildman–Crippen LogP) is 0.736. The number of carboxylic acid groups (broad SMARTS) is 2. The van der Waals surface area contributed by atoms with Gasteiger partial charge in [0, 0.05) is 31.6 Å². The number of hydrogen-bond donors (Lipinski definition) is 7. The number of carbonyl (C=O) groups excluding carboxylic acids is 1. The number of nitrogens with one attached hydrogen (secondary N) is 2. The summed E-state index contributed by atoms with van der Waals surface area (Å²) in [6.07, 6.45) is -0.575. The summed E-state index contributed by atoms with van der Waals surface area (Å²) in [5.74, 6) is -2.48. The maximum atomic E-state index is 13.1. The molecule has 11 heteroatoms. The highest BCUT2D eigenvalue weighted by molar-refractivity contribution is 5.86. The van der Waals surface area contributed by atoms with E-state index in [-0.39, 0.29) is 11.8 Å². The van der Waals surface area contributed by atoms with Gasteiger partial charge in [-0.25, -0.2) is 9.59 Å². The lowest BCUT2D eigenvalue weighted by molar-refractivity contribution is -0.165. The predicted molar refractivity (Wildman–Crippen MR) is 148 cm³/mol. The van der Waals surface area contributed by atoms with Gasteiger partial charge in [0.05, 0.1) is 6.67 Å². The molecule has 7 N–H and O–H groups in total. The summed E-state index contributed by atoms with van der Waals surface area (Å²) in [6.45, 7) is 3.66. The minimum absolute atomic E-state index is 0.0123. The van der Waals surface area contributed by atoms with Gasteiger partial charge >= 0.3 is 11.9 Å². The molecule has 2 aliphatic carbocycles. The molecule has 0 spiro atoms. The molecule has 1 aliphatic heterocycles. The second-order valence-electron chi connectivity index (χ2n) is 11.1. The molecule has 1 amide bonds. The number of benzene rings is 2. The van der Waals surface area contributed by atoms with Crippen LogP contribution in [0, 0.1) is 17.8 Å². The van der Waals surface area contributed by atoms with Gasteiger partial charge in [-0.05, 0) is 35.8 Å². The number of nitrogens with zero attached hydrogens (tertiary/aromatic N) is 1. The lowest BCUT2D eigenvalue weighted by Crippen LogP contribution is -2.51. The fraction of sp³-hybridized carbons (Fsp3) is 0.500. The van der Waals surface area contributed by atoms with Crippen LogP contribution in [0.15, 0.2) is 60.7 Å². The Labute approximate surface area is 238 Å². The second kappa shape index (κ2) is 13.5. The third-order valence-electron chi connectivity index (χ3n) is 8.42. The number of fused-ring (bicyclic) bond motifs is 1. The molecule has 3 aliphatic rings. The monoisotopic (exact) mass is 569 g/mol. The molecule has 3 fully saturated rings. The standard InChI is InChI=1S/C26H33N3O2.C4H6O6/c30-25(26(31,21-13-7-8-14-21)20-11-5-2-6-12-20)28-18-27-24-22-16-29(17-23(22)24)15-19-9-3-1-4-10-19;5-1(3(7)8)2(6)4(9)10/h1-6,9-12,21-24,27,31H,7-8,13-18H2,(H,28,30);1-2,5-6H,(H,7,8)(H,9,10)/t22-,23+,24?,26?;1-,2-/m.1/s1. The van der Waals surface area contributed by atoms with E-state index in [1.54, 1.807) is 0 Å². The fourth-order valence-corrected chi connectivity index (χ4v) is 6.13. The summed E-state index contributed by atoms with van der Waals surface area (Å²) < 4.78 is 0. The van der Waals surface area contributed by atoms with Crippen LogP contribution in [-0.2, 0) is 26.5 Å². The van der Waals surface area contributed by atoms with Crippen molar-refractivity contribution >= 4 is 17.8 Å². The highest BCUT2D eigenvalue weighted by atomic mass is 16.4. The van der Waals surface area contributed by atoms with E-state index in [1.807, 2.05) is 30.3 Å². The lowest BCUT2D eigenvalue weighted by Gasteiger charge is -2.33. The normalized spacial score (nSPS) is 24.7. The van der Waals surface area contributed by atoms with Gasteiger partial charge in [0.1, 0.15) is 0 Å². The zero-order valence-electron chi connectivity index (χ0n) is 22.8. The average Bonchev–Trinajstić information content (AvgIpc) is 3.35. The highest BCUT2D eigenvalue weighted by Gasteiger charge is 2.55. The molecule has 1 saturated heterocycles. The smallest absolute Gasteiger partial charge is 0.335 e. The van der Waals surface area contributed by atoms with Gasteiger partial charge in [-0.2, -0.15) is 0 Å². The maximum Gasteiger partial charge on any atom is 0.335 e. The number of rotatable bonds is 11. The number of carboxylic acids is 2. The van der Waals surface area contributed by atoms with Gasteiger partial charge in [-0.1, -0.05) is 73.5 Å². The third-order valence-corrected chi connectivity index (χ3v) is 8.42. The number of amides is 1. The molecule has 0 radical (unpaired) electrons. The van der Waals surface area contributed by atoms with Crippen LogP contribution in [0.5, 0.6) is 0 Å². The van der Waals surface area contributed by atoms with Crippen molar-refractivity contribution in [2.45, 2.75) is 56.1 Å². The molecule has 1 heterocycles. The Hall–Kier alpha value is -3.35. The van der Waals surface area contributed by atoms with Crippen LogP contribution in [0.2, 0.25) is 0 Å². The summed E-state index contributed by atoms with van der Waals surface area (Å²) in [7, 11) is 0. The first-order chi connectivity index (χ1) is 19.6. The fourth-order valence-electron chi connectivity index (χ4n) is 6.13. The number of likely N-dealkylation sites (tertiary alicyclic amines) is 1. The lowest BCUT2D eigenvalue weighted by atomic mass is 9.79. The van der Waals surface area contributed by atoms with E-state index in [0.29, 0.717) is 30.1 Å². The van der Waals surface area contributed by atoms with Crippen molar-refractivity contribution < 1.29 is 39.9 Å². The topological polar surface area (TPSA) is 180 Å². The third kappa shape index (κ3) is 7.30. The van der Waals surface area contributed by atoms with Gasteiger partial charge in [0.2, 0.25) is 0 Å². The highest BCUT2D eigenvalue weighted by Crippen LogP contribution is 2.46. The van der Waals surface area contributed by atoms with Gasteiger partial charge in [0.15, 0.2) is 17.8 Å². The number of aliphatic hydroxyl groups is 3. The van der Waals surface area contributed by atoms with Gasteiger partial charge in [0.25, 0.3) is 5.91 Å². The minimum atomic E-state index is -2.27. The van der Waals surface area contributed by atoms with Gasteiger partial charge < -0.3 is 30.8 Å². The zero-order valence-corrected chi connectivity index (χ0v) is 22.8. The number of hydrogen-bond acceptors (Lipinski definition) is 8. The van der Waals surface area contributed by atoms with E-state index in [1.165, 1.54) is 5.56 Å². The van der Waals surface area contributed by atoms with E-state index in [2.05, 4.69) is 45.9 Å². The van der Waals surface area contributed by atoms with Crippen molar-refractivity contribution in [3.05, 3.63) is 71.8 Å². The first-order valence-electron chi connectivity index (χ1n) is 14.0. The van der Waals surface area contributed by atoms with Crippen LogP contribution < -0.4 is 10.6 Å². The number of aliphatic hydroxyl groups excluding tert-OH is 2. The maximum absolute atomic E-state index is 13.1. The number of piperidine rings is 1. The van der Waals surface area contributed by atoms with Crippen LogP contribution in [0.25, 0.3) is 0 Å². The van der Waals surface area contributed by atoms with Crippen LogP contribution in [-0.4, -0.2) is 86.3 Å². The minimum Gasteiger partial charge on any atom is -0.479 e. The molecule has 2 saturated carbocycles. The SMILES string of the molecule is O=C(NCNC1[C@H]2CN(Cc3ccccc3)C[C@@H]12)C(O)(c1ccccc1)C1CCCC1.O=C(O)[C@H](O)[C@@H](O)C(=O)O. The Morgan fingerprint density at radius 3 is 1.88 bits per heavy atom. The summed E-state index contributed by atoms with van der Waals surface area (Å²) in [5.41, 5.74) is 0.637. The van der Waals surface area contributed by atoms with Crippen molar-refractivity contribution in [3.8, 4) is 0 Å².